The minimum atomic E-state index is 0.229. The second-order valence-electron chi connectivity index (χ2n) is 6.22. The maximum Gasteiger partial charge on any atom is 0.216 e. The van der Waals surface area contributed by atoms with Crippen molar-refractivity contribution in [3.63, 3.8) is 0 Å². The van der Waals surface area contributed by atoms with Crippen LogP contribution in [0, 0.1) is 18.6 Å². The minimum absolute atomic E-state index is 0.229. The Balaban J connectivity index is 1.81. The lowest BCUT2D eigenvalue weighted by Crippen LogP contribution is -2.04. The van der Waals surface area contributed by atoms with E-state index in [1.807, 2.05) is 38.1 Å². The third-order valence-electron chi connectivity index (χ3n) is 4.03. The van der Waals surface area contributed by atoms with E-state index in [4.69, 9.17) is 26.4 Å². The maximum atomic E-state index is 5.87. The van der Waals surface area contributed by atoms with Gasteiger partial charge in [0.05, 0.1) is 20.4 Å². The van der Waals surface area contributed by atoms with Crippen LogP contribution in [-0.4, -0.2) is 35.3 Å². The molecular weight excluding hydrogens is 376 g/mol. The summed E-state index contributed by atoms with van der Waals surface area (Å²) in [5.41, 5.74) is 3.06. The van der Waals surface area contributed by atoms with Crippen molar-refractivity contribution in [3.8, 4) is 17.2 Å². The molecule has 28 heavy (non-hydrogen) atoms. The Morgan fingerprint density at radius 1 is 1.07 bits per heavy atom. The molecule has 3 aromatic rings. The molecule has 1 aromatic heterocycles. The molecule has 7 nitrogen and oxygen atoms in total. The Morgan fingerprint density at radius 2 is 1.82 bits per heavy atom. The van der Waals surface area contributed by atoms with Crippen LogP contribution >= 0.6 is 12.2 Å². The van der Waals surface area contributed by atoms with Crippen molar-refractivity contribution in [1.82, 2.24) is 14.9 Å². The average Bonchev–Trinajstić information content (AvgIpc) is 3.03. The first-order valence-electron chi connectivity index (χ1n) is 8.64. The lowest BCUT2D eigenvalue weighted by Gasteiger charge is -2.08. The third kappa shape index (κ3) is 4.58. The van der Waals surface area contributed by atoms with Crippen molar-refractivity contribution in [2.24, 2.45) is 5.10 Å². The zero-order valence-electron chi connectivity index (χ0n) is 16.2. The molecule has 0 atom stereocenters. The first-order chi connectivity index (χ1) is 13.5. The summed E-state index contributed by atoms with van der Waals surface area (Å²) in [5.74, 6) is 2.69. The van der Waals surface area contributed by atoms with E-state index in [0.717, 1.165) is 22.4 Å². The van der Waals surface area contributed by atoms with Gasteiger partial charge in [-0.1, -0.05) is 6.07 Å². The topological polar surface area (TPSA) is 73.7 Å². The Hall–Kier alpha value is -3.13. The molecule has 0 fully saturated rings. The van der Waals surface area contributed by atoms with Gasteiger partial charge < -0.3 is 14.2 Å². The largest absolute Gasteiger partial charge is 0.497 e. The van der Waals surface area contributed by atoms with Crippen LogP contribution in [0.4, 0.5) is 0 Å². The third-order valence-corrected chi connectivity index (χ3v) is 4.30. The van der Waals surface area contributed by atoms with Gasteiger partial charge in [0.25, 0.3) is 0 Å². The first-order valence-corrected chi connectivity index (χ1v) is 9.04. The number of hydrogen-bond acceptors (Lipinski definition) is 6. The smallest absolute Gasteiger partial charge is 0.216 e. The van der Waals surface area contributed by atoms with Crippen molar-refractivity contribution in [3.05, 3.63) is 63.7 Å². The highest BCUT2D eigenvalue weighted by atomic mass is 32.1. The van der Waals surface area contributed by atoms with Gasteiger partial charge in [0.2, 0.25) is 4.77 Å². The van der Waals surface area contributed by atoms with Gasteiger partial charge >= 0.3 is 0 Å². The number of rotatable bonds is 7. The fourth-order valence-electron chi connectivity index (χ4n) is 2.75. The second-order valence-corrected chi connectivity index (χ2v) is 6.61. The molecule has 0 aliphatic heterocycles. The van der Waals surface area contributed by atoms with E-state index >= 15 is 0 Å². The molecule has 0 aliphatic rings. The maximum absolute atomic E-state index is 5.87. The number of hydrogen-bond donors (Lipinski definition) is 1. The number of aryl methyl sites for hydroxylation is 2. The summed E-state index contributed by atoms with van der Waals surface area (Å²) in [7, 11) is 3.20. The van der Waals surface area contributed by atoms with Crippen LogP contribution in [0.5, 0.6) is 17.2 Å². The molecule has 8 heteroatoms. The predicted octanol–water partition coefficient (Wildman–Crippen LogP) is 4.04. The lowest BCUT2D eigenvalue weighted by atomic mass is 10.1. The summed E-state index contributed by atoms with van der Waals surface area (Å²) >= 11 is 5.29. The molecule has 146 valence electrons. The van der Waals surface area contributed by atoms with Crippen LogP contribution in [0.15, 0.2) is 41.5 Å². The molecule has 1 N–H and O–H groups in total. The summed E-state index contributed by atoms with van der Waals surface area (Å²) in [6, 6.07) is 11.5. The van der Waals surface area contributed by atoms with Gasteiger partial charge in [-0.2, -0.15) is 14.9 Å². The van der Waals surface area contributed by atoms with Crippen molar-refractivity contribution >= 4 is 18.4 Å². The summed E-state index contributed by atoms with van der Waals surface area (Å²) in [4.78, 5) is 0. The number of ether oxygens (including phenoxy) is 3. The lowest BCUT2D eigenvalue weighted by molar-refractivity contribution is 0.290. The van der Waals surface area contributed by atoms with Gasteiger partial charge in [0.15, 0.2) is 5.82 Å². The summed E-state index contributed by atoms with van der Waals surface area (Å²) in [6.45, 7) is 4.29. The van der Waals surface area contributed by atoms with Crippen LogP contribution in [-0.2, 0) is 6.61 Å². The Bertz CT molecular complexity index is 1040. The van der Waals surface area contributed by atoms with Crippen LogP contribution in [0.25, 0.3) is 0 Å². The number of aromatic nitrogens is 3. The van der Waals surface area contributed by atoms with Gasteiger partial charge in [-0.05, 0) is 61.5 Å². The van der Waals surface area contributed by atoms with Gasteiger partial charge in [0, 0.05) is 11.6 Å². The Kier molecular flexibility index (Phi) is 6.10. The van der Waals surface area contributed by atoms with Crippen LogP contribution in [0.1, 0.15) is 22.5 Å². The quantitative estimate of drug-likeness (QED) is 0.480. The van der Waals surface area contributed by atoms with Crippen LogP contribution in [0.3, 0.4) is 0 Å². The molecule has 0 aliphatic carbocycles. The molecule has 0 radical (unpaired) electrons. The molecule has 0 saturated heterocycles. The van der Waals surface area contributed by atoms with E-state index in [1.54, 1.807) is 26.5 Å². The van der Waals surface area contributed by atoms with Crippen molar-refractivity contribution < 1.29 is 14.2 Å². The standard InChI is InChI=1S/C20H22N4O3S/c1-13-7-14(2)9-17(8-13)27-12-19-22-23-20(28)24(19)21-11-15-5-6-16(25-3)10-18(15)26-4/h5-11H,12H2,1-4H3,(H,23,28)/b21-11-. The summed E-state index contributed by atoms with van der Waals surface area (Å²) < 4.78 is 18.4. The van der Waals surface area contributed by atoms with Gasteiger partial charge in [-0.3, -0.25) is 0 Å². The van der Waals surface area contributed by atoms with E-state index in [-0.39, 0.29) is 6.61 Å². The first kappa shape index (κ1) is 19.6. The minimum Gasteiger partial charge on any atom is -0.497 e. The number of H-pyrrole nitrogens is 1. The number of nitrogens with one attached hydrogen (secondary N) is 1. The normalized spacial score (nSPS) is 11.0. The SMILES string of the molecule is COc1ccc(/C=N\n2c(COc3cc(C)cc(C)c3)n[nH]c2=S)c(OC)c1. The van der Waals surface area contributed by atoms with Crippen LogP contribution in [0.2, 0.25) is 0 Å². The van der Waals surface area contributed by atoms with Gasteiger partial charge in [-0.15, -0.1) is 0 Å². The molecular formula is C20H22N4O3S. The van der Waals surface area contributed by atoms with Crippen LogP contribution < -0.4 is 14.2 Å². The highest BCUT2D eigenvalue weighted by Crippen LogP contribution is 2.23. The molecule has 0 amide bonds. The fourth-order valence-corrected chi connectivity index (χ4v) is 2.94. The molecule has 2 aromatic carbocycles. The van der Waals surface area contributed by atoms with Gasteiger partial charge in [-0.25, -0.2) is 5.10 Å². The Morgan fingerprint density at radius 3 is 2.50 bits per heavy atom. The van der Waals surface area contributed by atoms with Crippen molar-refractivity contribution in [2.75, 3.05) is 14.2 Å². The monoisotopic (exact) mass is 398 g/mol. The van der Waals surface area contributed by atoms with Crippen molar-refractivity contribution in [2.45, 2.75) is 20.5 Å². The van der Waals surface area contributed by atoms with E-state index in [1.165, 1.54) is 4.68 Å². The van der Waals surface area contributed by atoms with E-state index in [2.05, 4.69) is 21.4 Å². The fraction of sp³-hybridized carbons (Fsp3) is 0.250. The van der Waals surface area contributed by atoms with E-state index < -0.39 is 0 Å². The zero-order chi connectivity index (χ0) is 20.1. The highest BCUT2D eigenvalue weighted by Gasteiger charge is 2.08. The molecule has 0 saturated carbocycles. The van der Waals surface area contributed by atoms with Gasteiger partial charge in [0.1, 0.15) is 23.9 Å². The molecule has 0 unspecified atom stereocenters. The summed E-state index contributed by atoms with van der Waals surface area (Å²) in [5, 5.41) is 11.4. The number of benzene rings is 2. The predicted molar refractivity (Wildman–Crippen MR) is 110 cm³/mol. The van der Waals surface area contributed by atoms with Crippen molar-refractivity contribution in [1.29, 1.82) is 0 Å². The Labute approximate surface area is 168 Å². The number of methoxy groups -OCH3 is 2. The van der Waals surface area contributed by atoms with E-state index in [9.17, 15) is 0 Å². The zero-order valence-corrected chi connectivity index (χ0v) is 17.0. The summed E-state index contributed by atoms with van der Waals surface area (Å²) in [6.07, 6.45) is 1.66. The molecule has 0 spiro atoms. The number of aromatic amines is 1. The second kappa shape index (κ2) is 8.71. The number of nitrogens with zero attached hydrogens (tertiary/aromatic N) is 3. The highest BCUT2D eigenvalue weighted by molar-refractivity contribution is 7.71. The molecule has 1 heterocycles. The average molecular weight is 398 g/mol. The van der Waals surface area contributed by atoms with E-state index in [0.29, 0.717) is 22.1 Å². The molecule has 3 rings (SSSR count). The molecule has 0 bridgehead atoms.